The number of ether oxygens (including phenoxy) is 2. The van der Waals surface area contributed by atoms with Crippen molar-refractivity contribution in [2.24, 2.45) is 0 Å². The van der Waals surface area contributed by atoms with Crippen LogP contribution in [0.1, 0.15) is 21.8 Å². The minimum Gasteiger partial charge on any atom is -0.454 e. The van der Waals surface area contributed by atoms with Gasteiger partial charge < -0.3 is 19.3 Å². The topological polar surface area (TPSA) is 86.5 Å². The molecule has 4 rings (SSSR count). The zero-order valence-corrected chi connectivity index (χ0v) is 14.1. The van der Waals surface area contributed by atoms with Crippen LogP contribution in [-0.4, -0.2) is 22.8 Å². The van der Waals surface area contributed by atoms with Crippen LogP contribution in [0.2, 0.25) is 0 Å². The van der Waals surface area contributed by atoms with Crippen molar-refractivity contribution in [1.82, 2.24) is 15.5 Å². The van der Waals surface area contributed by atoms with Gasteiger partial charge in [0.25, 0.3) is 0 Å². The van der Waals surface area contributed by atoms with Gasteiger partial charge in [-0.1, -0.05) is 23.4 Å². The lowest BCUT2D eigenvalue weighted by Gasteiger charge is -2.05. The number of alkyl halides is 3. The Bertz CT molecular complexity index is 1020. The summed E-state index contributed by atoms with van der Waals surface area (Å²) >= 11 is 0. The van der Waals surface area contributed by atoms with E-state index in [9.17, 15) is 18.0 Å². The Balaban J connectivity index is 1.41. The Labute approximate surface area is 156 Å². The second kappa shape index (κ2) is 6.87. The minimum absolute atomic E-state index is 0.0157. The lowest BCUT2D eigenvalue weighted by atomic mass is 10.1. The summed E-state index contributed by atoms with van der Waals surface area (Å²) in [5, 5.41) is 6.26. The van der Waals surface area contributed by atoms with Crippen molar-refractivity contribution in [2.75, 3.05) is 6.79 Å². The van der Waals surface area contributed by atoms with Gasteiger partial charge in [0, 0.05) is 12.1 Å². The molecule has 0 fully saturated rings. The third-order valence-corrected chi connectivity index (χ3v) is 3.98. The van der Waals surface area contributed by atoms with E-state index in [1.54, 1.807) is 18.2 Å². The first-order chi connectivity index (χ1) is 13.4. The number of nitrogens with zero attached hydrogens (tertiary/aromatic N) is 2. The number of benzene rings is 2. The highest BCUT2D eigenvalue weighted by molar-refractivity contribution is 5.89. The van der Waals surface area contributed by atoms with Gasteiger partial charge >= 0.3 is 18.0 Å². The zero-order chi connectivity index (χ0) is 19.7. The van der Waals surface area contributed by atoms with Crippen LogP contribution in [-0.2, 0) is 12.7 Å². The number of hydrogen-bond acceptors (Lipinski definition) is 6. The van der Waals surface area contributed by atoms with Gasteiger partial charge in [0.15, 0.2) is 11.5 Å². The third kappa shape index (κ3) is 3.61. The molecule has 1 aliphatic heterocycles. The maximum atomic E-state index is 12.6. The zero-order valence-electron chi connectivity index (χ0n) is 14.1. The Kier molecular flexibility index (Phi) is 4.38. The van der Waals surface area contributed by atoms with Crippen LogP contribution in [0.3, 0.4) is 0 Å². The second-order valence-electron chi connectivity index (χ2n) is 5.87. The van der Waals surface area contributed by atoms with Crippen molar-refractivity contribution >= 4 is 5.91 Å². The Morgan fingerprint density at radius 3 is 2.57 bits per heavy atom. The van der Waals surface area contributed by atoms with E-state index in [-0.39, 0.29) is 25.1 Å². The summed E-state index contributed by atoms with van der Waals surface area (Å²) in [5.74, 6) is 0.336. The maximum Gasteiger partial charge on any atom is 0.416 e. The molecule has 2 heterocycles. The van der Waals surface area contributed by atoms with E-state index in [4.69, 9.17) is 14.0 Å². The molecule has 0 saturated carbocycles. The monoisotopic (exact) mass is 391 g/mol. The number of halogens is 3. The first-order valence-corrected chi connectivity index (χ1v) is 8.08. The van der Waals surface area contributed by atoms with E-state index in [1.807, 2.05) is 0 Å². The van der Waals surface area contributed by atoms with Crippen molar-refractivity contribution in [2.45, 2.75) is 12.7 Å². The van der Waals surface area contributed by atoms with Gasteiger partial charge in [0.05, 0.1) is 5.56 Å². The third-order valence-electron chi connectivity index (χ3n) is 3.98. The fourth-order valence-corrected chi connectivity index (χ4v) is 2.55. The molecular weight excluding hydrogens is 379 g/mol. The Hall–Kier alpha value is -3.56. The predicted octanol–water partition coefficient (Wildman–Crippen LogP) is 3.41. The van der Waals surface area contributed by atoms with E-state index < -0.39 is 17.6 Å². The molecule has 0 radical (unpaired) electrons. The lowest BCUT2D eigenvalue weighted by Crippen LogP contribution is -2.23. The highest BCUT2D eigenvalue weighted by Gasteiger charge is 2.30. The van der Waals surface area contributed by atoms with E-state index in [1.165, 1.54) is 12.1 Å². The van der Waals surface area contributed by atoms with Crippen molar-refractivity contribution in [3.8, 4) is 22.9 Å². The summed E-state index contributed by atoms with van der Waals surface area (Å²) in [6, 6.07) is 9.48. The van der Waals surface area contributed by atoms with Crippen molar-refractivity contribution < 1.29 is 32.0 Å². The average Bonchev–Trinajstić information content (AvgIpc) is 3.34. The van der Waals surface area contributed by atoms with Crippen molar-refractivity contribution in [3.63, 3.8) is 0 Å². The molecule has 0 aliphatic carbocycles. The van der Waals surface area contributed by atoms with E-state index in [0.717, 1.165) is 17.7 Å². The van der Waals surface area contributed by atoms with Gasteiger partial charge in [0.2, 0.25) is 12.6 Å². The molecule has 28 heavy (non-hydrogen) atoms. The first-order valence-electron chi connectivity index (χ1n) is 8.08. The van der Waals surface area contributed by atoms with Crippen LogP contribution in [0, 0.1) is 0 Å². The SMILES string of the molecule is O=C(NCc1ccc2c(c1)OCO2)c1nc(-c2ccc(C(F)(F)F)cc2)no1. The molecule has 144 valence electrons. The molecule has 0 unspecified atom stereocenters. The highest BCUT2D eigenvalue weighted by atomic mass is 19.4. The number of aromatic nitrogens is 2. The fourth-order valence-electron chi connectivity index (χ4n) is 2.55. The summed E-state index contributed by atoms with van der Waals surface area (Å²) in [6.07, 6.45) is -4.43. The highest BCUT2D eigenvalue weighted by Crippen LogP contribution is 2.32. The molecule has 3 aromatic rings. The number of carbonyl (C=O) groups is 1. The standard InChI is InChI=1S/C18H12F3N3O4/c19-18(20,21)12-4-2-11(3-5-12)15-23-17(28-24-15)16(25)22-8-10-1-6-13-14(7-10)27-9-26-13/h1-7H,8-9H2,(H,22,25). The number of amides is 1. The maximum absolute atomic E-state index is 12.6. The minimum atomic E-state index is -4.43. The van der Waals surface area contributed by atoms with Gasteiger partial charge in [-0.25, -0.2) is 0 Å². The van der Waals surface area contributed by atoms with Crippen LogP contribution >= 0.6 is 0 Å². The second-order valence-corrected chi connectivity index (χ2v) is 5.87. The molecule has 1 aliphatic rings. The molecule has 2 aromatic carbocycles. The summed E-state index contributed by atoms with van der Waals surface area (Å²) in [6.45, 7) is 0.341. The number of carbonyl (C=O) groups excluding carboxylic acids is 1. The normalized spacial score (nSPS) is 12.8. The van der Waals surface area contributed by atoms with Crippen molar-refractivity contribution in [3.05, 3.63) is 59.5 Å². The Morgan fingerprint density at radius 2 is 1.82 bits per heavy atom. The predicted molar refractivity (Wildman–Crippen MR) is 88.5 cm³/mol. The molecule has 10 heteroatoms. The average molecular weight is 391 g/mol. The lowest BCUT2D eigenvalue weighted by molar-refractivity contribution is -0.137. The summed E-state index contributed by atoms with van der Waals surface area (Å²) < 4.78 is 53.2. The molecular formula is C18H12F3N3O4. The number of nitrogens with one attached hydrogen (secondary N) is 1. The van der Waals surface area contributed by atoms with Crippen LogP contribution < -0.4 is 14.8 Å². The van der Waals surface area contributed by atoms with Crippen LogP contribution in [0.5, 0.6) is 11.5 Å². The number of rotatable bonds is 4. The quantitative estimate of drug-likeness (QED) is 0.734. The van der Waals surface area contributed by atoms with Gasteiger partial charge in [-0.2, -0.15) is 18.2 Å². The Morgan fingerprint density at radius 1 is 1.07 bits per heavy atom. The first kappa shape index (κ1) is 17.8. The number of hydrogen-bond donors (Lipinski definition) is 1. The summed E-state index contributed by atoms with van der Waals surface area (Å²) in [4.78, 5) is 16.1. The van der Waals surface area contributed by atoms with Crippen LogP contribution in [0.15, 0.2) is 47.0 Å². The molecule has 1 N–H and O–H groups in total. The van der Waals surface area contributed by atoms with Crippen molar-refractivity contribution in [1.29, 1.82) is 0 Å². The van der Waals surface area contributed by atoms with Gasteiger partial charge in [-0.15, -0.1) is 0 Å². The smallest absolute Gasteiger partial charge is 0.416 e. The van der Waals surface area contributed by atoms with Gasteiger partial charge in [-0.3, -0.25) is 4.79 Å². The summed E-state index contributed by atoms with van der Waals surface area (Å²) in [7, 11) is 0. The largest absolute Gasteiger partial charge is 0.454 e. The molecule has 0 atom stereocenters. The molecule has 1 aromatic heterocycles. The number of fused-ring (bicyclic) bond motifs is 1. The van der Waals surface area contributed by atoms with Crippen LogP contribution in [0.4, 0.5) is 13.2 Å². The van der Waals surface area contributed by atoms with Gasteiger partial charge in [0.1, 0.15) is 0 Å². The van der Waals surface area contributed by atoms with E-state index in [0.29, 0.717) is 17.1 Å². The molecule has 7 nitrogen and oxygen atoms in total. The van der Waals surface area contributed by atoms with E-state index in [2.05, 4.69) is 15.5 Å². The molecule has 1 amide bonds. The molecule has 0 saturated heterocycles. The molecule has 0 bridgehead atoms. The van der Waals surface area contributed by atoms with E-state index >= 15 is 0 Å². The summed E-state index contributed by atoms with van der Waals surface area (Å²) in [5.41, 5.74) is 0.285. The van der Waals surface area contributed by atoms with Crippen LogP contribution in [0.25, 0.3) is 11.4 Å². The molecule has 0 spiro atoms. The fraction of sp³-hybridized carbons (Fsp3) is 0.167. The van der Waals surface area contributed by atoms with Gasteiger partial charge in [-0.05, 0) is 29.8 Å².